The second-order valence-corrected chi connectivity index (χ2v) is 8.49. The highest BCUT2D eigenvalue weighted by atomic mass is 15.2. The first-order valence-electron chi connectivity index (χ1n) is 9.36. The summed E-state index contributed by atoms with van der Waals surface area (Å²) >= 11 is 0. The fraction of sp³-hybridized carbons (Fsp3) is 1.00. The van der Waals surface area contributed by atoms with Gasteiger partial charge < -0.3 is 5.32 Å². The molecule has 1 N–H and O–H groups in total. The van der Waals surface area contributed by atoms with Gasteiger partial charge in [-0.15, -0.1) is 0 Å². The molecule has 0 aromatic heterocycles. The highest BCUT2D eigenvalue weighted by Crippen LogP contribution is 2.42. The van der Waals surface area contributed by atoms with Crippen molar-refractivity contribution in [2.45, 2.75) is 79.3 Å². The highest BCUT2D eigenvalue weighted by molar-refractivity contribution is 4.97. The van der Waals surface area contributed by atoms with Crippen LogP contribution in [0.4, 0.5) is 0 Å². The molecule has 2 heteroatoms. The van der Waals surface area contributed by atoms with E-state index < -0.39 is 0 Å². The second kappa shape index (κ2) is 7.00. The lowest BCUT2D eigenvalue weighted by molar-refractivity contribution is 0.0594. The van der Waals surface area contributed by atoms with Gasteiger partial charge in [0.15, 0.2) is 0 Å². The summed E-state index contributed by atoms with van der Waals surface area (Å²) in [6.07, 6.45) is 5.49. The average Bonchev–Trinajstić information content (AvgIpc) is 2.79. The van der Waals surface area contributed by atoms with E-state index in [-0.39, 0.29) is 0 Å². The zero-order chi connectivity index (χ0) is 15.6. The molecule has 2 fully saturated rings. The quantitative estimate of drug-likeness (QED) is 0.819. The zero-order valence-electron chi connectivity index (χ0n) is 15.3. The number of likely N-dealkylation sites (N-methyl/N-ethyl adjacent to an activating group) is 1. The van der Waals surface area contributed by atoms with Gasteiger partial charge in [0, 0.05) is 25.2 Å². The van der Waals surface area contributed by atoms with Crippen LogP contribution < -0.4 is 5.32 Å². The van der Waals surface area contributed by atoms with Crippen molar-refractivity contribution in [1.82, 2.24) is 10.2 Å². The Hall–Kier alpha value is -0.0800. The topological polar surface area (TPSA) is 15.3 Å². The molecule has 0 amide bonds. The van der Waals surface area contributed by atoms with Gasteiger partial charge in [0.05, 0.1) is 0 Å². The summed E-state index contributed by atoms with van der Waals surface area (Å²) in [5.74, 6) is 2.63. The lowest BCUT2D eigenvalue weighted by atomic mass is 9.67. The van der Waals surface area contributed by atoms with Crippen molar-refractivity contribution < 1.29 is 0 Å². The van der Waals surface area contributed by atoms with Crippen LogP contribution in [-0.2, 0) is 0 Å². The van der Waals surface area contributed by atoms with E-state index in [2.05, 4.69) is 51.8 Å². The van der Waals surface area contributed by atoms with Crippen molar-refractivity contribution >= 4 is 0 Å². The summed E-state index contributed by atoms with van der Waals surface area (Å²) in [6.45, 7) is 18.2. The van der Waals surface area contributed by atoms with Crippen molar-refractivity contribution in [3.8, 4) is 0 Å². The van der Waals surface area contributed by atoms with Crippen molar-refractivity contribution in [1.29, 1.82) is 0 Å². The van der Waals surface area contributed by atoms with Crippen LogP contribution in [0.5, 0.6) is 0 Å². The van der Waals surface area contributed by atoms with Crippen LogP contribution >= 0.6 is 0 Å². The smallest absolute Gasteiger partial charge is 0.0252 e. The maximum atomic E-state index is 3.79. The highest BCUT2D eigenvalue weighted by Gasteiger charge is 2.41. The number of likely N-dealkylation sites (tertiary alicyclic amines) is 1. The molecule has 2 nitrogen and oxygen atoms in total. The Morgan fingerprint density at radius 3 is 2.19 bits per heavy atom. The Bertz CT molecular complexity index is 316. The molecule has 1 saturated heterocycles. The van der Waals surface area contributed by atoms with Crippen molar-refractivity contribution in [3.63, 3.8) is 0 Å². The van der Waals surface area contributed by atoms with Crippen molar-refractivity contribution in [2.75, 3.05) is 19.6 Å². The molecule has 2 rings (SSSR count). The maximum absolute atomic E-state index is 3.79. The third-order valence-electron chi connectivity index (χ3n) is 6.78. The molecule has 2 aliphatic rings. The van der Waals surface area contributed by atoms with E-state index in [9.17, 15) is 0 Å². The Morgan fingerprint density at radius 1 is 1.05 bits per heavy atom. The van der Waals surface area contributed by atoms with Crippen LogP contribution in [-0.4, -0.2) is 36.6 Å². The molecular formula is C19H38N2. The molecular weight excluding hydrogens is 256 g/mol. The van der Waals surface area contributed by atoms with Gasteiger partial charge >= 0.3 is 0 Å². The van der Waals surface area contributed by atoms with Gasteiger partial charge in [-0.25, -0.2) is 0 Å². The van der Waals surface area contributed by atoms with E-state index in [1.165, 1.54) is 38.8 Å². The van der Waals surface area contributed by atoms with Gasteiger partial charge in [-0.2, -0.15) is 0 Å². The van der Waals surface area contributed by atoms with Crippen LogP contribution in [0, 0.1) is 23.2 Å². The van der Waals surface area contributed by atoms with Crippen molar-refractivity contribution in [3.05, 3.63) is 0 Å². The summed E-state index contributed by atoms with van der Waals surface area (Å²) in [7, 11) is 0. The molecule has 21 heavy (non-hydrogen) atoms. The number of rotatable bonds is 5. The molecule has 0 aromatic rings. The monoisotopic (exact) mass is 294 g/mol. The van der Waals surface area contributed by atoms with Gasteiger partial charge in [0.2, 0.25) is 0 Å². The first kappa shape index (κ1) is 17.3. The Balaban J connectivity index is 2.08. The minimum absolute atomic E-state index is 0.506. The zero-order valence-corrected chi connectivity index (χ0v) is 15.3. The van der Waals surface area contributed by atoms with Crippen LogP contribution in [0.25, 0.3) is 0 Å². The van der Waals surface area contributed by atoms with E-state index in [0.717, 1.165) is 36.4 Å². The maximum Gasteiger partial charge on any atom is 0.0252 e. The average molecular weight is 295 g/mol. The molecule has 0 bridgehead atoms. The van der Waals surface area contributed by atoms with Crippen LogP contribution in [0.1, 0.15) is 67.2 Å². The Labute approximate surface area is 133 Å². The summed E-state index contributed by atoms with van der Waals surface area (Å²) in [5, 5.41) is 3.79. The molecule has 0 radical (unpaired) electrons. The lowest BCUT2D eigenvalue weighted by Crippen LogP contribution is -2.54. The van der Waals surface area contributed by atoms with Gasteiger partial charge in [-0.3, -0.25) is 4.90 Å². The van der Waals surface area contributed by atoms with Gasteiger partial charge in [-0.1, -0.05) is 48.0 Å². The normalized spacial score (nSPS) is 38.9. The molecule has 5 unspecified atom stereocenters. The minimum atomic E-state index is 0.506. The van der Waals surface area contributed by atoms with Crippen LogP contribution in [0.15, 0.2) is 0 Å². The Kier molecular flexibility index (Phi) is 5.76. The minimum Gasteiger partial charge on any atom is -0.313 e. The van der Waals surface area contributed by atoms with E-state index in [1.54, 1.807) is 0 Å². The first-order valence-corrected chi connectivity index (χ1v) is 9.36. The van der Waals surface area contributed by atoms with E-state index in [0.29, 0.717) is 5.41 Å². The third kappa shape index (κ3) is 3.82. The fourth-order valence-corrected chi connectivity index (χ4v) is 4.49. The molecule has 124 valence electrons. The van der Waals surface area contributed by atoms with Gasteiger partial charge in [0.1, 0.15) is 0 Å². The molecule has 0 aromatic carbocycles. The van der Waals surface area contributed by atoms with E-state index >= 15 is 0 Å². The number of nitrogens with one attached hydrogen (secondary N) is 1. The molecule has 5 atom stereocenters. The summed E-state index contributed by atoms with van der Waals surface area (Å²) < 4.78 is 0. The molecule has 1 heterocycles. The van der Waals surface area contributed by atoms with E-state index in [4.69, 9.17) is 0 Å². The summed E-state index contributed by atoms with van der Waals surface area (Å²) in [6, 6.07) is 1.48. The van der Waals surface area contributed by atoms with Crippen LogP contribution in [0.3, 0.4) is 0 Å². The SMILES string of the molecule is CCNC1CCC(C(C)(C)CC)CC1N1CC(C)C(C)C1. The summed E-state index contributed by atoms with van der Waals surface area (Å²) in [5.41, 5.74) is 0.506. The first-order chi connectivity index (χ1) is 9.89. The molecule has 1 aliphatic heterocycles. The largest absolute Gasteiger partial charge is 0.313 e. The standard InChI is InChI=1S/C19H38N2/c1-7-19(5,6)16-9-10-17(20-8-2)18(11-16)21-12-14(3)15(4)13-21/h14-18,20H,7-13H2,1-6H3. The number of hydrogen-bond donors (Lipinski definition) is 1. The third-order valence-corrected chi connectivity index (χ3v) is 6.78. The lowest BCUT2D eigenvalue weighted by Gasteiger charge is -2.46. The van der Waals surface area contributed by atoms with Gasteiger partial charge in [-0.05, 0) is 49.0 Å². The fourth-order valence-electron chi connectivity index (χ4n) is 4.49. The molecule has 1 aliphatic carbocycles. The predicted octanol–water partition coefficient (Wildman–Crippen LogP) is 4.16. The van der Waals surface area contributed by atoms with Crippen LogP contribution in [0.2, 0.25) is 0 Å². The second-order valence-electron chi connectivity index (χ2n) is 8.49. The van der Waals surface area contributed by atoms with Crippen molar-refractivity contribution in [2.24, 2.45) is 23.2 Å². The molecule has 1 saturated carbocycles. The number of nitrogens with zero attached hydrogens (tertiary/aromatic N) is 1. The number of hydrogen-bond acceptors (Lipinski definition) is 2. The summed E-state index contributed by atoms with van der Waals surface area (Å²) in [4.78, 5) is 2.82. The predicted molar refractivity (Wildman–Crippen MR) is 92.6 cm³/mol. The Morgan fingerprint density at radius 2 is 1.67 bits per heavy atom. The molecule has 0 spiro atoms. The van der Waals surface area contributed by atoms with Gasteiger partial charge in [0.25, 0.3) is 0 Å². The van der Waals surface area contributed by atoms with E-state index in [1.807, 2.05) is 0 Å².